The molecule has 9 atom stereocenters. The van der Waals surface area contributed by atoms with E-state index in [0.29, 0.717) is 0 Å². The van der Waals surface area contributed by atoms with Crippen LogP contribution in [0.1, 0.15) is 145 Å². The molecule has 53 heavy (non-hydrogen) atoms. The molecular weight excluding hydrogens is 1150 g/mol. The van der Waals surface area contributed by atoms with E-state index in [9.17, 15) is 0 Å². The molecule has 0 aromatic heterocycles. The zero-order valence-corrected chi connectivity index (χ0v) is 48.9. The van der Waals surface area contributed by atoms with Crippen LogP contribution in [0.5, 0.6) is 0 Å². The summed E-state index contributed by atoms with van der Waals surface area (Å²) in [6.07, 6.45) is 0. The maximum absolute atomic E-state index is 17.0. The highest BCUT2D eigenvalue weighted by Gasteiger charge is 2.67. The van der Waals surface area contributed by atoms with Gasteiger partial charge in [-0.05, 0) is 53.3 Å². The van der Waals surface area contributed by atoms with Gasteiger partial charge in [0.2, 0.25) is 0 Å². The van der Waals surface area contributed by atoms with Crippen LogP contribution in [0, 0.1) is 32.5 Å². The highest BCUT2D eigenvalue weighted by atomic mass is 79.9. The first-order valence-electron chi connectivity index (χ1n) is 18.4. The third-order valence-electron chi connectivity index (χ3n) is 9.61. The average Bonchev–Trinajstić information content (AvgIpc) is 2.92. The first-order valence-corrected chi connectivity index (χ1v) is 26.6. The van der Waals surface area contributed by atoms with Gasteiger partial charge in [-0.1, -0.05) is 220 Å². The van der Waals surface area contributed by atoms with E-state index in [-0.39, 0.29) is 0 Å². The van der Waals surface area contributed by atoms with E-state index in [0.717, 1.165) is 0 Å². The first-order chi connectivity index (χ1) is 22.9. The zero-order chi connectivity index (χ0) is 43.3. The van der Waals surface area contributed by atoms with E-state index in [4.69, 9.17) is 48.4 Å². The second-order valence-corrected chi connectivity index (χ2v) is 30.4. The molecule has 0 heterocycles. The molecule has 0 radical (unpaired) electrons. The van der Waals surface area contributed by atoms with Crippen LogP contribution < -0.4 is 0 Å². The van der Waals surface area contributed by atoms with Gasteiger partial charge in [0.05, 0.1) is 45.1 Å². The van der Waals surface area contributed by atoms with Gasteiger partial charge in [0.1, 0.15) is 16.8 Å². The van der Waals surface area contributed by atoms with E-state index in [1.54, 1.807) is 0 Å². The van der Waals surface area contributed by atoms with E-state index < -0.39 is 102 Å². The average molecular weight is 1220 g/mol. The molecule has 0 aromatic rings. The summed E-state index contributed by atoms with van der Waals surface area (Å²) in [4.78, 5) is -2.84. The molecule has 0 bridgehead atoms. The molecular formula is C39H72Br6Cl3O4P. The van der Waals surface area contributed by atoms with E-state index in [2.05, 4.69) is 220 Å². The lowest BCUT2D eigenvalue weighted by molar-refractivity contribution is -0.0991. The third-order valence-corrected chi connectivity index (χ3v) is 24.8. The second-order valence-electron chi connectivity index (χ2n) is 21.5. The third kappa shape index (κ3) is 13.0. The Morgan fingerprint density at radius 3 is 0.547 bits per heavy atom. The monoisotopic (exact) mass is 1210 g/mol. The van der Waals surface area contributed by atoms with Crippen molar-refractivity contribution >= 4 is 138 Å². The fourth-order valence-corrected chi connectivity index (χ4v) is 17.6. The zero-order valence-electron chi connectivity index (χ0n) is 36.2. The molecule has 0 rings (SSSR count). The molecule has 0 spiro atoms. The quantitative estimate of drug-likeness (QED) is 0.121. The van der Waals surface area contributed by atoms with E-state index >= 15 is 4.57 Å². The Labute approximate surface area is 392 Å². The number of halogens is 9. The fraction of sp³-hybridized carbons (Fsp3) is 1.00. The predicted octanol–water partition coefficient (Wildman–Crippen LogP) is 17.1. The lowest BCUT2D eigenvalue weighted by atomic mass is 9.72. The Hall–Kier alpha value is 3.86. The topological polar surface area (TPSA) is 44.8 Å². The maximum atomic E-state index is 17.0. The Kier molecular flexibility index (Phi) is 20.5. The number of phosphoric acid groups is 1. The second kappa shape index (κ2) is 19.1. The van der Waals surface area contributed by atoms with Crippen LogP contribution in [0.3, 0.4) is 0 Å². The number of hydrogen-bond donors (Lipinski definition) is 0. The molecule has 0 amide bonds. The number of hydrogen-bond acceptors (Lipinski definition) is 4. The smallest absolute Gasteiger partial charge is 0.276 e. The van der Waals surface area contributed by atoms with Crippen molar-refractivity contribution in [1.82, 2.24) is 0 Å². The lowest BCUT2D eigenvalue weighted by Crippen LogP contribution is -2.66. The van der Waals surface area contributed by atoms with Gasteiger partial charge < -0.3 is 0 Å². The normalized spacial score (nSPS) is 24.3. The van der Waals surface area contributed by atoms with Crippen LogP contribution in [-0.4, -0.2) is 61.9 Å². The highest BCUT2D eigenvalue weighted by Crippen LogP contribution is 2.69. The van der Waals surface area contributed by atoms with Crippen LogP contribution in [0.2, 0.25) is 0 Å². The maximum Gasteiger partial charge on any atom is 0.476 e. The van der Waals surface area contributed by atoms with Gasteiger partial charge >= 0.3 is 7.82 Å². The van der Waals surface area contributed by atoms with Gasteiger partial charge in [0.25, 0.3) is 0 Å². The molecule has 0 aliphatic rings. The Bertz CT molecular complexity index is 1020. The molecule has 0 fully saturated rings. The molecule has 0 saturated carbocycles. The van der Waals surface area contributed by atoms with E-state index in [1.165, 1.54) is 0 Å². The SMILES string of the molecule is CC(Cl)C(OP(=O)(OC(C(C)Cl)(C(Br)C(C)(C)C)C(Br)C(C)(C)C)OC(C(C)Cl)(C(Br)C(C)(C)C)C(Br)C(C)(C)C)(C(Br)C(C)(C)C)C(Br)C(C)(C)C. The van der Waals surface area contributed by atoms with Crippen molar-refractivity contribution in [1.29, 1.82) is 0 Å². The summed E-state index contributed by atoms with van der Waals surface area (Å²) in [7, 11) is -4.92. The molecule has 4 nitrogen and oxygen atoms in total. The van der Waals surface area contributed by atoms with Gasteiger partial charge in [0.15, 0.2) is 0 Å². The summed E-state index contributed by atoms with van der Waals surface area (Å²) in [5.74, 6) is 0. The van der Waals surface area contributed by atoms with Crippen LogP contribution in [-0.2, 0) is 18.1 Å². The van der Waals surface area contributed by atoms with Crippen molar-refractivity contribution in [3.8, 4) is 0 Å². The summed E-state index contributed by atoms with van der Waals surface area (Å²) < 4.78 is 39.2. The van der Waals surface area contributed by atoms with Crippen molar-refractivity contribution in [2.45, 2.75) is 207 Å². The Morgan fingerprint density at radius 1 is 0.358 bits per heavy atom. The number of phosphoric ester groups is 1. The van der Waals surface area contributed by atoms with Crippen LogP contribution in [0.15, 0.2) is 0 Å². The van der Waals surface area contributed by atoms with Crippen molar-refractivity contribution in [3.05, 3.63) is 0 Å². The minimum atomic E-state index is -4.92. The molecule has 320 valence electrons. The highest BCUT2D eigenvalue weighted by molar-refractivity contribution is 9.11. The summed E-state index contributed by atoms with van der Waals surface area (Å²) in [6, 6.07) is 0. The van der Waals surface area contributed by atoms with Crippen molar-refractivity contribution in [3.63, 3.8) is 0 Å². The van der Waals surface area contributed by atoms with E-state index in [1.807, 2.05) is 20.8 Å². The molecule has 0 aromatic carbocycles. The molecule has 0 aliphatic heterocycles. The van der Waals surface area contributed by atoms with Gasteiger partial charge in [0, 0.05) is 0 Å². The van der Waals surface area contributed by atoms with Crippen molar-refractivity contribution in [2.24, 2.45) is 32.5 Å². The summed E-state index contributed by atoms with van der Waals surface area (Å²) in [5, 5.41) is -2.18. The van der Waals surface area contributed by atoms with Gasteiger partial charge in [-0.3, -0.25) is 13.6 Å². The van der Waals surface area contributed by atoms with Gasteiger partial charge in [-0.2, -0.15) is 0 Å². The fourth-order valence-electron chi connectivity index (χ4n) is 6.79. The minimum Gasteiger partial charge on any atom is -0.276 e. The molecule has 0 aliphatic carbocycles. The van der Waals surface area contributed by atoms with Crippen LogP contribution in [0.4, 0.5) is 0 Å². The first kappa shape index (κ1) is 56.9. The summed E-state index contributed by atoms with van der Waals surface area (Å²) in [6.45, 7) is 43.4. The summed E-state index contributed by atoms with van der Waals surface area (Å²) in [5.41, 5.74) is -6.90. The summed E-state index contributed by atoms with van der Waals surface area (Å²) >= 11 is 46.6. The number of alkyl halides is 9. The molecule has 0 N–H and O–H groups in total. The van der Waals surface area contributed by atoms with Gasteiger partial charge in [-0.15, -0.1) is 34.8 Å². The number of rotatable bonds is 15. The Morgan fingerprint density at radius 2 is 0.472 bits per heavy atom. The van der Waals surface area contributed by atoms with Crippen molar-refractivity contribution in [2.75, 3.05) is 0 Å². The molecule has 9 unspecified atom stereocenters. The largest absolute Gasteiger partial charge is 0.476 e. The van der Waals surface area contributed by atoms with Crippen molar-refractivity contribution < 1.29 is 18.1 Å². The van der Waals surface area contributed by atoms with Gasteiger partial charge in [-0.25, -0.2) is 4.57 Å². The molecule has 14 heteroatoms. The lowest BCUT2D eigenvalue weighted by Gasteiger charge is -2.57. The predicted molar refractivity (Wildman–Crippen MR) is 258 cm³/mol. The minimum absolute atomic E-state index is 0.446. The standard InChI is InChI=1S/C39H72Br6Cl3O4P/c1-22(46)37(25(40)31(4,5)6,26(41)32(7,8)9)50-53(49,51-38(23(2)47,27(42)33(10,11)12)28(43)34(13,14)15)52-39(24(3)48,29(44)35(16,17)18)30(45)36(19,20)21/h22-30H,1-21H3. The van der Waals surface area contributed by atoms with Crippen LogP contribution >= 0.6 is 138 Å². The van der Waals surface area contributed by atoms with Crippen LogP contribution in [0.25, 0.3) is 0 Å². The molecule has 0 saturated heterocycles. The Balaban J connectivity index is 9.24.